The van der Waals surface area contributed by atoms with Gasteiger partial charge in [0.05, 0.1) is 13.2 Å². The Morgan fingerprint density at radius 2 is 1.75 bits per heavy atom. The number of aryl methyl sites for hydroxylation is 1. The van der Waals surface area contributed by atoms with Gasteiger partial charge in [0.1, 0.15) is 12.4 Å². The molecule has 0 saturated heterocycles. The number of aromatic nitrogens is 1. The van der Waals surface area contributed by atoms with Crippen molar-refractivity contribution in [2.75, 3.05) is 26.8 Å². The average Bonchev–Trinajstić information content (AvgIpc) is 3.20. The minimum absolute atomic E-state index is 0.129. The van der Waals surface area contributed by atoms with E-state index in [0.29, 0.717) is 13.1 Å². The van der Waals surface area contributed by atoms with Crippen molar-refractivity contribution in [2.45, 2.75) is 13.1 Å². The lowest BCUT2D eigenvalue weighted by Crippen LogP contribution is -2.44. The number of rotatable bonds is 10. The summed E-state index contributed by atoms with van der Waals surface area (Å²) in [5.74, 6) is -1.10. The minimum Gasteiger partial charge on any atom is -0.383 e. The van der Waals surface area contributed by atoms with Gasteiger partial charge in [-0.2, -0.15) is 0 Å². The SMILES string of the molecule is COCCN(CC(=O)N(Cc1ccccc1)Cc1cccn1C)C(=O)c1cccc(F)c1. The summed E-state index contributed by atoms with van der Waals surface area (Å²) in [6.07, 6.45) is 1.93. The lowest BCUT2D eigenvalue weighted by Gasteiger charge is -2.28. The standard InChI is InChI=1S/C25H28FN3O3/c1-27-13-7-12-23(27)18-29(17-20-8-4-3-5-9-20)24(30)19-28(14-15-32-2)25(31)21-10-6-11-22(26)16-21/h3-13,16H,14-15,17-19H2,1-2H3. The van der Waals surface area contributed by atoms with Gasteiger partial charge in [-0.15, -0.1) is 0 Å². The number of amides is 2. The zero-order valence-electron chi connectivity index (χ0n) is 18.4. The number of methoxy groups -OCH3 is 1. The van der Waals surface area contributed by atoms with Gasteiger partial charge in [0, 0.05) is 44.7 Å². The van der Waals surface area contributed by atoms with Gasteiger partial charge >= 0.3 is 0 Å². The zero-order valence-corrected chi connectivity index (χ0v) is 18.4. The monoisotopic (exact) mass is 437 g/mol. The highest BCUT2D eigenvalue weighted by atomic mass is 19.1. The van der Waals surface area contributed by atoms with Gasteiger partial charge in [-0.1, -0.05) is 36.4 Å². The highest BCUT2D eigenvalue weighted by Gasteiger charge is 2.23. The lowest BCUT2D eigenvalue weighted by molar-refractivity contribution is -0.133. The van der Waals surface area contributed by atoms with Gasteiger partial charge in [-0.25, -0.2) is 4.39 Å². The second kappa shape index (κ2) is 11.2. The van der Waals surface area contributed by atoms with Crippen molar-refractivity contribution in [3.8, 4) is 0 Å². The molecule has 32 heavy (non-hydrogen) atoms. The van der Waals surface area contributed by atoms with Crippen LogP contribution in [0, 0.1) is 5.82 Å². The van der Waals surface area contributed by atoms with Crippen LogP contribution in [-0.2, 0) is 29.7 Å². The smallest absolute Gasteiger partial charge is 0.254 e. The van der Waals surface area contributed by atoms with Crippen molar-refractivity contribution in [2.24, 2.45) is 7.05 Å². The van der Waals surface area contributed by atoms with E-state index in [2.05, 4.69) is 0 Å². The average molecular weight is 438 g/mol. The number of hydrogen-bond acceptors (Lipinski definition) is 3. The molecule has 2 aromatic carbocycles. The summed E-state index contributed by atoms with van der Waals surface area (Å²) in [5, 5.41) is 0. The van der Waals surface area contributed by atoms with E-state index in [-0.39, 0.29) is 31.2 Å². The van der Waals surface area contributed by atoms with E-state index in [1.165, 1.54) is 30.2 Å². The highest BCUT2D eigenvalue weighted by Crippen LogP contribution is 2.13. The molecule has 0 spiro atoms. The summed E-state index contributed by atoms with van der Waals surface area (Å²) < 4.78 is 20.7. The van der Waals surface area contributed by atoms with Crippen molar-refractivity contribution < 1.29 is 18.7 Å². The molecule has 0 unspecified atom stereocenters. The molecule has 7 heteroatoms. The maximum atomic E-state index is 13.7. The van der Waals surface area contributed by atoms with Crippen LogP contribution in [-0.4, -0.2) is 53.0 Å². The Morgan fingerprint density at radius 1 is 0.969 bits per heavy atom. The highest BCUT2D eigenvalue weighted by molar-refractivity contribution is 5.96. The van der Waals surface area contributed by atoms with Gasteiger partial charge in [0.2, 0.25) is 5.91 Å². The molecule has 3 rings (SSSR count). The molecule has 0 bridgehead atoms. The van der Waals surface area contributed by atoms with Gasteiger partial charge in [-0.05, 0) is 35.9 Å². The third-order valence-corrected chi connectivity index (χ3v) is 5.22. The van der Waals surface area contributed by atoms with Crippen LogP contribution in [0.25, 0.3) is 0 Å². The fraction of sp³-hybridized carbons (Fsp3) is 0.280. The van der Waals surface area contributed by atoms with Crippen LogP contribution in [0.2, 0.25) is 0 Å². The normalized spacial score (nSPS) is 10.7. The second-order valence-corrected chi connectivity index (χ2v) is 7.58. The fourth-order valence-corrected chi connectivity index (χ4v) is 3.41. The number of hydrogen-bond donors (Lipinski definition) is 0. The van der Waals surface area contributed by atoms with Crippen molar-refractivity contribution in [1.29, 1.82) is 0 Å². The fourth-order valence-electron chi connectivity index (χ4n) is 3.41. The van der Waals surface area contributed by atoms with Crippen molar-refractivity contribution in [3.05, 3.63) is 95.6 Å². The van der Waals surface area contributed by atoms with E-state index >= 15 is 0 Å². The van der Waals surface area contributed by atoms with E-state index < -0.39 is 11.7 Å². The van der Waals surface area contributed by atoms with Crippen LogP contribution in [0.1, 0.15) is 21.6 Å². The predicted molar refractivity (Wildman–Crippen MR) is 120 cm³/mol. The molecular weight excluding hydrogens is 409 g/mol. The molecule has 0 fully saturated rings. The first kappa shape index (κ1) is 23.2. The number of carbonyl (C=O) groups is 2. The molecule has 1 heterocycles. The van der Waals surface area contributed by atoms with Gasteiger partial charge in [0.25, 0.3) is 5.91 Å². The third-order valence-electron chi connectivity index (χ3n) is 5.22. The molecule has 0 aliphatic heterocycles. The van der Waals surface area contributed by atoms with Gasteiger partial charge in [-0.3, -0.25) is 9.59 Å². The number of halogens is 1. The molecule has 168 valence electrons. The number of nitrogens with zero attached hydrogens (tertiary/aromatic N) is 3. The molecule has 0 aliphatic rings. The van der Waals surface area contributed by atoms with E-state index in [0.717, 1.165) is 11.3 Å². The summed E-state index contributed by atoms with van der Waals surface area (Å²) in [4.78, 5) is 29.5. The topological polar surface area (TPSA) is 54.8 Å². The van der Waals surface area contributed by atoms with Gasteiger partial charge < -0.3 is 19.1 Å². The Hall–Kier alpha value is -3.45. The first-order chi connectivity index (χ1) is 15.5. The molecule has 1 aromatic heterocycles. The minimum atomic E-state index is -0.497. The van der Waals surface area contributed by atoms with Crippen LogP contribution in [0.15, 0.2) is 72.9 Å². The van der Waals surface area contributed by atoms with E-state index in [1.54, 1.807) is 11.0 Å². The van der Waals surface area contributed by atoms with E-state index in [9.17, 15) is 14.0 Å². The van der Waals surface area contributed by atoms with Crippen LogP contribution >= 0.6 is 0 Å². The van der Waals surface area contributed by atoms with Gasteiger partial charge in [0.15, 0.2) is 0 Å². The molecule has 0 aliphatic carbocycles. The summed E-state index contributed by atoms with van der Waals surface area (Å²) in [5.41, 5.74) is 2.18. The Bertz CT molecular complexity index is 1040. The Labute approximate surface area is 187 Å². The summed E-state index contributed by atoms with van der Waals surface area (Å²) in [6, 6.07) is 19.1. The quantitative estimate of drug-likeness (QED) is 0.488. The molecule has 0 saturated carbocycles. The molecule has 6 nitrogen and oxygen atoms in total. The molecule has 2 amide bonds. The van der Waals surface area contributed by atoms with Crippen LogP contribution in [0.5, 0.6) is 0 Å². The summed E-state index contributed by atoms with van der Waals surface area (Å²) >= 11 is 0. The summed E-state index contributed by atoms with van der Waals surface area (Å²) in [7, 11) is 3.46. The Balaban J connectivity index is 1.81. The molecule has 0 N–H and O–H groups in total. The number of benzene rings is 2. The number of carbonyl (C=O) groups excluding carboxylic acids is 2. The van der Waals surface area contributed by atoms with E-state index in [4.69, 9.17) is 4.74 Å². The molecular formula is C25H28FN3O3. The second-order valence-electron chi connectivity index (χ2n) is 7.58. The lowest BCUT2D eigenvalue weighted by atomic mass is 10.2. The zero-order chi connectivity index (χ0) is 22.9. The van der Waals surface area contributed by atoms with Crippen LogP contribution in [0.3, 0.4) is 0 Å². The van der Waals surface area contributed by atoms with Crippen LogP contribution < -0.4 is 0 Å². The first-order valence-electron chi connectivity index (χ1n) is 10.4. The Morgan fingerprint density at radius 3 is 2.41 bits per heavy atom. The maximum Gasteiger partial charge on any atom is 0.254 e. The number of ether oxygens (including phenoxy) is 1. The first-order valence-corrected chi connectivity index (χ1v) is 10.4. The third kappa shape index (κ3) is 6.28. The Kier molecular flexibility index (Phi) is 8.16. The largest absolute Gasteiger partial charge is 0.383 e. The predicted octanol–water partition coefficient (Wildman–Crippen LogP) is 3.48. The van der Waals surface area contributed by atoms with Crippen molar-refractivity contribution >= 4 is 11.8 Å². The van der Waals surface area contributed by atoms with Crippen LogP contribution in [0.4, 0.5) is 4.39 Å². The summed E-state index contributed by atoms with van der Waals surface area (Å²) in [6.45, 7) is 1.18. The molecule has 0 radical (unpaired) electrons. The molecule has 3 aromatic rings. The van der Waals surface area contributed by atoms with E-state index in [1.807, 2.05) is 60.3 Å². The van der Waals surface area contributed by atoms with Crippen molar-refractivity contribution in [3.63, 3.8) is 0 Å². The molecule has 0 atom stereocenters. The van der Waals surface area contributed by atoms with Crippen molar-refractivity contribution in [1.82, 2.24) is 14.4 Å². The maximum absolute atomic E-state index is 13.7.